The van der Waals surface area contributed by atoms with Gasteiger partial charge in [0.05, 0.1) is 0 Å². The Morgan fingerprint density at radius 1 is 1.40 bits per heavy atom. The quantitative estimate of drug-likeness (QED) is 0.563. The summed E-state index contributed by atoms with van der Waals surface area (Å²) >= 11 is 1.78. The molecule has 0 radical (unpaired) electrons. The highest BCUT2D eigenvalue weighted by Gasteiger charge is 2.27. The third-order valence-electron chi connectivity index (χ3n) is 3.32. The van der Waals surface area contributed by atoms with Gasteiger partial charge < -0.3 is 10.7 Å². The van der Waals surface area contributed by atoms with E-state index in [-0.39, 0.29) is 0 Å². The molecule has 106 valence electrons. The molecule has 0 amide bonds. The SMILES string of the molecule is CC(Cc1cccs1)Nc1cc(NN)nc(C2CC2)n1. The number of nitrogens with one attached hydrogen (secondary N) is 2. The number of hydrazine groups is 1. The lowest BCUT2D eigenvalue weighted by Crippen LogP contribution is -2.20. The van der Waals surface area contributed by atoms with Gasteiger partial charge in [0.1, 0.15) is 17.5 Å². The second kappa shape index (κ2) is 5.76. The summed E-state index contributed by atoms with van der Waals surface area (Å²) in [6, 6.07) is 6.42. The van der Waals surface area contributed by atoms with Crippen LogP contribution in [0, 0.1) is 0 Å². The van der Waals surface area contributed by atoms with Crippen LogP contribution in [0.4, 0.5) is 11.6 Å². The van der Waals surface area contributed by atoms with Crippen LogP contribution in [0.3, 0.4) is 0 Å². The van der Waals surface area contributed by atoms with E-state index in [0.29, 0.717) is 17.8 Å². The maximum absolute atomic E-state index is 5.48. The lowest BCUT2D eigenvalue weighted by Gasteiger charge is -2.15. The second-order valence-electron chi connectivity index (χ2n) is 5.24. The van der Waals surface area contributed by atoms with Gasteiger partial charge in [-0.25, -0.2) is 15.8 Å². The van der Waals surface area contributed by atoms with E-state index in [9.17, 15) is 0 Å². The van der Waals surface area contributed by atoms with Crippen molar-refractivity contribution in [3.63, 3.8) is 0 Å². The Morgan fingerprint density at radius 3 is 2.85 bits per heavy atom. The average molecular weight is 289 g/mol. The molecule has 20 heavy (non-hydrogen) atoms. The minimum absolute atomic E-state index is 0.321. The van der Waals surface area contributed by atoms with Gasteiger partial charge in [0.15, 0.2) is 0 Å². The Morgan fingerprint density at radius 2 is 2.20 bits per heavy atom. The summed E-state index contributed by atoms with van der Waals surface area (Å²) in [4.78, 5) is 10.4. The van der Waals surface area contributed by atoms with E-state index < -0.39 is 0 Å². The molecule has 2 aromatic heterocycles. The van der Waals surface area contributed by atoms with Crippen LogP contribution in [-0.2, 0) is 6.42 Å². The van der Waals surface area contributed by atoms with Gasteiger partial charge in [-0.05, 0) is 31.2 Å². The molecule has 5 nitrogen and oxygen atoms in total. The monoisotopic (exact) mass is 289 g/mol. The van der Waals surface area contributed by atoms with E-state index >= 15 is 0 Å². The zero-order valence-electron chi connectivity index (χ0n) is 11.5. The fourth-order valence-electron chi connectivity index (χ4n) is 2.17. The molecule has 1 aliphatic rings. The van der Waals surface area contributed by atoms with Gasteiger partial charge in [-0.1, -0.05) is 6.07 Å². The van der Waals surface area contributed by atoms with E-state index in [4.69, 9.17) is 5.84 Å². The maximum Gasteiger partial charge on any atom is 0.145 e. The first kappa shape index (κ1) is 13.3. The molecule has 6 heteroatoms. The zero-order chi connectivity index (χ0) is 13.9. The number of nitrogen functional groups attached to an aromatic ring is 1. The number of hydrogen-bond donors (Lipinski definition) is 3. The van der Waals surface area contributed by atoms with Crippen molar-refractivity contribution in [2.75, 3.05) is 10.7 Å². The maximum atomic E-state index is 5.48. The van der Waals surface area contributed by atoms with Crippen LogP contribution in [0.5, 0.6) is 0 Å². The van der Waals surface area contributed by atoms with Gasteiger partial charge in [-0.2, -0.15) is 0 Å². The highest BCUT2D eigenvalue weighted by Crippen LogP contribution is 2.38. The minimum Gasteiger partial charge on any atom is -0.367 e. The number of nitrogens with two attached hydrogens (primary N) is 1. The summed E-state index contributed by atoms with van der Waals surface area (Å²) in [7, 11) is 0. The first-order chi connectivity index (χ1) is 9.74. The number of hydrogen-bond acceptors (Lipinski definition) is 6. The first-order valence-electron chi connectivity index (χ1n) is 6.89. The summed E-state index contributed by atoms with van der Waals surface area (Å²) in [5.74, 6) is 8.41. The number of nitrogens with zero attached hydrogens (tertiary/aromatic N) is 2. The summed E-state index contributed by atoms with van der Waals surface area (Å²) in [5, 5.41) is 5.54. The molecule has 3 rings (SSSR count). The molecule has 0 aromatic carbocycles. The fourth-order valence-corrected chi connectivity index (χ4v) is 3.01. The number of aromatic nitrogens is 2. The van der Waals surface area contributed by atoms with Gasteiger partial charge >= 0.3 is 0 Å². The average Bonchev–Trinajstić information content (AvgIpc) is 3.17. The fraction of sp³-hybridized carbons (Fsp3) is 0.429. The van der Waals surface area contributed by atoms with Crippen LogP contribution in [0.15, 0.2) is 23.6 Å². The van der Waals surface area contributed by atoms with Gasteiger partial charge in [0, 0.05) is 29.3 Å². The van der Waals surface area contributed by atoms with E-state index in [0.717, 1.165) is 18.1 Å². The molecule has 4 N–H and O–H groups in total. The Kier molecular flexibility index (Phi) is 3.84. The zero-order valence-corrected chi connectivity index (χ0v) is 12.3. The summed E-state index contributed by atoms with van der Waals surface area (Å²) < 4.78 is 0. The molecule has 1 atom stereocenters. The van der Waals surface area contributed by atoms with Crippen molar-refractivity contribution in [3.8, 4) is 0 Å². The van der Waals surface area contributed by atoms with Crippen molar-refractivity contribution in [3.05, 3.63) is 34.3 Å². The Balaban J connectivity index is 1.70. The van der Waals surface area contributed by atoms with Gasteiger partial charge in [0.2, 0.25) is 0 Å². The molecular weight excluding hydrogens is 270 g/mol. The second-order valence-corrected chi connectivity index (χ2v) is 6.28. The lowest BCUT2D eigenvalue weighted by molar-refractivity contribution is 0.788. The van der Waals surface area contributed by atoms with E-state index in [1.165, 1.54) is 17.7 Å². The van der Waals surface area contributed by atoms with Crippen LogP contribution in [-0.4, -0.2) is 16.0 Å². The molecule has 1 fully saturated rings. The molecule has 0 aliphatic heterocycles. The lowest BCUT2D eigenvalue weighted by atomic mass is 10.2. The van der Waals surface area contributed by atoms with Crippen molar-refractivity contribution in [1.82, 2.24) is 9.97 Å². The topological polar surface area (TPSA) is 75.9 Å². The Labute approximate surface area is 122 Å². The molecular formula is C14H19N5S. The van der Waals surface area contributed by atoms with Crippen molar-refractivity contribution in [2.45, 2.75) is 38.1 Å². The standard InChI is InChI=1S/C14H19N5S/c1-9(7-11-3-2-6-20-11)16-12-8-13(19-15)18-14(17-12)10-4-5-10/h2-3,6,8-10H,4-5,7,15H2,1H3,(H2,16,17,18,19). The predicted octanol–water partition coefficient (Wildman–Crippen LogP) is 2.74. The highest BCUT2D eigenvalue weighted by molar-refractivity contribution is 7.09. The number of rotatable bonds is 6. The summed E-state index contributed by atoms with van der Waals surface area (Å²) in [6.07, 6.45) is 3.35. The summed E-state index contributed by atoms with van der Waals surface area (Å²) in [6.45, 7) is 2.16. The third-order valence-corrected chi connectivity index (χ3v) is 4.21. The molecule has 2 heterocycles. The van der Waals surface area contributed by atoms with Gasteiger partial charge in [-0.15, -0.1) is 11.3 Å². The number of thiophene rings is 1. The molecule has 2 aromatic rings. The molecule has 1 saturated carbocycles. The summed E-state index contributed by atoms with van der Waals surface area (Å²) in [5.41, 5.74) is 2.62. The van der Waals surface area contributed by atoms with Crippen molar-refractivity contribution < 1.29 is 0 Å². The van der Waals surface area contributed by atoms with Crippen LogP contribution in [0.25, 0.3) is 0 Å². The molecule has 1 unspecified atom stereocenters. The van der Waals surface area contributed by atoms with Crippen molar-refractivity contribution in [1.29, 1.82) is 0 Å². The van der Waals surface area contributed by atoms with E-state index in [2.05, 4.69) is 45.1 Å². The van der Waals surface area contributed by atoms with Gasteiger partial charge in [-0.3, -0.25) is 0 Å². The van der Waals surface area contributed by atoms with Crippen LogP contribution in [0.1, 0.15) is 36.4 Å². The predicted molar refractivity (Wildman–Crippen MR) is 82.9 cm³/mol. The molecule has 0 bridgehead atoms. The smallest absolute Gasteiger partial charge is 0.145 e. The van der Waals surface area contributed by atoms with Crippen LogP contribution >= 0.6 is 11.3 Å². The third kappa shape index (κ3) is 3.26. The van der Waals surface area contributed by atoms with Gasteiger partial charge in [0.25, 0.3) is 0 Å². The molecule has 1 aliphatic carbocycles. The van der Waals surface area contributed by atoms with Crippen molar-refractivity contribution in [2.24, 2.45) is 5.84 Å². The van der Waals surface area contributed by atoms with Crippen LogP contribution in [0.2, 0.25) is 0 Å². The van der Waals surface area contributed by atoms with Crippen LogP contribution < -0.4 is 16.6 Å². The first-order valence-corrected chi connectivity index (χ1v) is 7.77. The largest absolute Gasteiger partial charge is 0.367 e. The normalized spacial score (nSPS) is 15.9. The Bertz CT molecular complexity index is 565. The molecule has 0 saturated heterocycles. The number of anilines is 2. The molecule has 0 spiro atoms. The minimum atomic E-state index is 0.321. The van der Waals surface area contributed by atoms with Crippen molar-refractivity contribution >= 4 is 23.0 Å². The highest BCUT2D eigenvalue weighted by atomic mass is 32.1. The van der Waals surface area contributed by atoms with E-state index in [1.54, 1.807) is 11.3 Å². The Hall–Kier alpha value is -1.66. The van der Waals surface area contributed by atoms with E-state index in [1.807, 2.05) is 6.07 Å².